The molecule has 0 amide bonds. The molecule has 2 aromatic rings. The van der Waals surface area contributed by atoms with E-state index >= 15 is 0 Å². The third-order valence-corrected chi connectivity index (χ3v) is 3.10. The molecule has 3 N–H and O–H groups in total. The number of aliphatic hydroxyl groups excluding tert-OH is 1. The summed E-state index contributed by atoms with van der Waals surface area (Å²) in [4.78, 5) is 3.96. The molecule has 0 radical (unpaired) electrons. The Morgan fingerprint density at radius 3 is 2.76 bits per heavy atom. The van der Waals surface area contributed by atoms with Gasteiger partial charge in [0, 0.05) is 28.7 Å². The van der Waals surface area contributed by atoms with Crippen molar-refractivity contribution in [3.05, 3.63) is 58.4 Å². The zero-order valence-corrected chi connectivity index (χ0v) is 10.1. The second kappa shape index (κ2) is 4.73. The normalized spacial score (nSPS) is 12.4. The summed E-state index contributed by atoms with van der Waals surface area (Å²) in [6, 6.07) is 7.11. The van der Waals surface area contributed by atoms with Gasteiger partial charge in [0.15, 0.2) is 0 Å². The Morgan fingerprint density at radius 1 is 1.35 bits per heavy atom. The van der Waals surface area contributed by atoms with E-state index in [2.05, 4.69) is 4.98 Å². The highest BCUT2D eigenvalue weighted by Crippen LogP contribution is 2.28. The molecule has 0 aliphatic rings. The maximum Gasteiger partial charge on any atom is 0.108 e. The van der Waals surface area contributed by atoms with Gasteiger partial charge < -0.3 is 10.8 Å². The molecule has 0 saturated carbocycles. The fraction of sp³-hybridized carbons (Fsp3) is 0.154. The van der Waals surface area contributed by atoms with Gasteiger partial charge >= 0.3 is 0 Å². The van der Waals surface area contributed by atoms with Gasteiger partial charge in [-0.1, -0.05) is 23.7 Å². The highest BCUT2D eigenvalue weighted by molar-refractivity contribution is 6.31. The number of halogens is 1. The molecular weight excluding hydrogens is 236 g/mol. The van der Waals surface area contributed by atoms with E-state index in [1.807, 2.05) is 19.1 Å². The molecule has 0 fully saturated rings. The molecule has 2 rings (SSSR count). The highest BCUT2D eigenvalue weighted by atomic mass is 35.5. The number of hydrogen-bond donors (Lipinski definition) is 2. The topological polar surface area (TPSA) is 59.1 Å². The fourth-order valence-electron chi connectivity index (χ4n) is 1.60. The van der Waals surface area contributed by atoms with Gasteiger partial charge in [-0.2, -0.15) is 0 Å². The number of rotatable bonds is 2. The molecule has 1 unspecified atom stereocenters. The maximum atomic E-state index is 10.2. The second-order valence-corrected chi connectivity index (χ2v) is 4.32. The van der Waals surface area contributed by atoms with E-state index in [-0.39, 0.29) is 0 Å². The van der Waals surface area contributed by atoms with Crippen LogP contribution in [-0.4, -0.2) is 10.1 Å². The van der Waals surface area contributed by atoms with Crippen molar-refractivity contribution in [3.8, 4) is 0 Å². The van der Waals surface area contributed by atoms with Crippen LogP contribution in [0.3, 0.4) is 0 Å². The van der Waals surface area contributed by atoms with E-state index in [9.17, 15) is 5.11 Å². The SMILES string of the molecule is Cc1ccc(C(O)c2cnccc2N)cc1Cl. The molecule has 1 aromatic carbocycles. The second-order valence-electron chi connectivity index (χ2n) is 3.92. The third-order valence-electron chi connectivity index (χ3n) is 2.69. The highest BCUT2D eigenvalue weighted by Gasteiger charge is 2.14. The number of anilines is 1. The summed E-state index contributed by atoms with van der Waals surface area (Å²) in [7, 11) is 0. The lowest BCUT2D eigenvalue weighted by Crippen LogP contribution is -2.04. The van der Waals surface area contributed by atoms with Crippen molar-refractivity contribution >= 4 is 17.3 Å². The molecule has 1 heterocycles. The van der Waals surface area contributed by atoms with Gasteiger partial charge in [-0.25, -0.2) is 0 Å². The van der Waals surface area contributed by atoms with Gasteiger partial charge in [-0.3, -0.25) is 4.98 Å². The lowest BCUT2D eigenvalue weighted by atomic mass is 10.0. The van der Waals surface area contributed by atoms with Gasteiger partial charge in [0.1, 0.15) is 6.10 Å². The van der Waals surface area contributed by atoms with Crippen LogP contribution >= 0.6 is 11.6 Å². The van der Waals surface area contributed by atoms with Crippen LogP contribution in [-0.2, 0) is 0 Å². The Hall–Kier alpha value is -1.58. The van der Waals surface area contributed by atoms with Crippen molar-refractivity contribution in [2.75, 3.05) is 5.73 Å². The van der Waals surface area contributed by atoms with E-state index in [1.54, 1.807) is 24.5 Å². The number of nitrogens with zero attached hydrogens (tertiary/aromatic N) is 1. The quantitative estimate of drug-likeness (QED) is 0.859. The number of aromatic nitrogens is 1. The molecule has 0 aliphatic carbocycles. The Labute approximate surface area is 105 Å². The zero-order chi connectivity index (χ0) is 12.4. The number of hydrogen-bond acceptors (Lipinski definition) is 3. The average Bonchev–Trinajstić information content (AvgIpc) is 2.32. The molecule has 88 valence electrons. The van der Waals surface area contributed by atoms with E-state index < -0.39 is 6.10 Å². The van der Waals surface area contributed by atoms with Gasteiger partial charge in [0.05, 0.1) is 0 Å². The first-order valence-corrected chi connectivity index (χ1v) is 5.61. The largest absolute Gasteiger partial charge is 0.398 e. The Morgan fingerprint density at radius 2 is 2.12 bits per heavy atom. The Bertz CT molecular complexity index is 543. The van der Waals surface area contributed by atoms with Crippen LogP contribution in [0.25, 0.3) is 0 Å². The molecule has 0 bridgehead atoms. The smallest absolute Gasteiger partial charge is 0.108 e. The van der Waals surface area contributed by atoms with E-state index in [4.69, 9.17) is 17.3 Å². The minimum absolute atomic E-state index is 0.518. The average molecular weight is 249 g/mol. The molecule has 0 aliphatic heterocycles. The molecule has 17 heavy (non-hydrogen) atoms. The van der Waals surface area contributed by atoms with Crippen LogP contribution in [0.15, 0.2) is 36.7 Å². The number of nitrogen functional groups attached to an aromatic ring is 1. The predicted molar refractivity (Wildman–Crippen MR) is 68.9 cm³/mol. The van der Waals surface area contributed by atoms with E-state index in [0.717, 1.165) is 5.56 Å². The van der Waals surface area contributed by atoms with E-state index in [1.165, 1.54) is 0 Å². The number of nitrogens with two attached hydrogens (primary N) is 1. The summed E-state index contributed by atoms with van der Waals surface area (Å²) in [5, 5.41) is 10.8. The van der Waals surface area contributed by atoms with Crippen molar-refractivity contribution < 1.29 is 5.11 Å². The summed E-state index contributed by atoms with van der Waals surface area (Å²) >= 11 is 6.03. The van der Waals surface area contributed by atoms with Crippen molar-refractivity contribution in [1.29, 1.82) is 0 Å². The Kier molecular flexibility index (Phi) is 3.31. The summed E-state index contributed by atoms with van der Waals surface area (Å²) in [5.74, 6) is 0. The number of aryl methyl sites for hydroxylation is 1. The first-order valence-electron chi connectivity index (χ1n) is 5.23. The summed E-state index contributed by atoms with van der Waals surface area (Å²) in [6.45, 7) is 1.91. The van der Waals surface area contributed by atoms with Crippen molar-refractivity contribution in [2.24, 2.45) is 0 Å². The van der Waals surface area contributed by atoms with Gasteiger partial charge in [0.2, 0.25) is 0 Å². The van der Waals surface area contributed by atoms with E-state index in [0.29, 0.717) is 21.8 Å². The maximum absolute atomic E-state index is 10.2. The minimum atomic E-state index is -0.804. The summed E-state index contributed by atoms with van der Waals surface area (Å²) < 4.78 is 0. The van der Waals surface area contributed by atoms with Gasteiger partial charge in [0.25, 0.3) is 0 Å². The molecule has 4 heteroatoms. The number of aliphatic hydroxyl groups is 1. The van der Waals surface area contributed by atoms with Crippen LogP contribution in [0.1, 0.15) is 22.8 Å². The molecule has 1 atom stereocenters. The lowest BCUT2D eigenvalue weighted by Gasteiger charge is -2.14. The lowest BCUT2D eigenvalue weighted by molar-refractivity contribution is 0.220. The number of benzene rings is 1. The van der Waals surface area contributed by atoms with Crippen LogP contribution in [0.2, 0.25) is 5.02 Å². The van der Waals surface area contributed by atoms with Crippen molar-refractivity contribution in [2.45, 2.75) is 13.0 Å². The predicted octanol–water partition coefficient (Wildman–Crippen LogP) is 2.71. The zero-order valence-electron chi connectivity index (χ0n) is 9.39. The van der Waals surface area contributed by atoms with Crippen LogP contribution < -0.4 is 5.73 Å². The van der Waals surface area contributed by atoms with Gasteiger partial charge in [-0.05, 0) is 30.2 Å². The molecule has 1 aromatic heterocycles. The molecular formula is C13H13ClN2O. The van der Waals surface area contributed by atoms with Crippen molar-refractivity contribution in [1.82, 2.24) is 4.98 Å². The summed E-state index contributed by atoms with van der Waals surface area (Å²) in [6.07, 6.45) is 2.35. The van der Waals surface area contributed by atoms with Crippen LogP contribution in [0, 0.1) is 6.92 Å². The third kappa shape index (κ3) is 2.40. The summed E-state index contributed by atoms with van der Waals surface area (Å²) in [5.41, 5.74) is 8.58. The Balaban J connectivity index is 2.40. The molecule has 0 saturated heterocycles. The van der Waals surface area contributed by atoms with Crippen molar-refractivity contribution in [3.63, 3.8) is 0 Å². The minimum Gasteiger partial charge on any atom is -0.398 e. The molecule has 0 spiro atoms. The first kappa shape index (κ1) is 11.9. The number of pyridine rings is 1. The molecule has 3 nitrogen and oxygen atoms in total. The monoisotopic (exact) mass is 248 g/mol. The van der Waals surface area contributed by atoms with Crippen LogP contribution in [0.5, 0.6) is 0 Å². The fourth-order valence-corrected chi connectivity index (χ4v) is 1.79. The van der Waals surface area contributed by atoms with Gasteiger partial charge in [-0.15, -0.1) is 0 Å². The van der Waals surface area contributed by atoms with Crippen LogP contribution in [0.4, 0.5) is 5.69 Å². The standard InChI is InChI=1S/C13H13ClN2O/c1-8-2-3-9(6-11(8)14)13(17)10-7-16-5-4-12(10)15/h2-7,13,17H,1H3,(H2,15,16). The first-order chi connectivity index (χ1) is 8.09.